The van der Waals surface area contributed by atoms with E-state index in [4.69, 9.17) is 0 Å². The minimum atomic E-state index is -0.524. The van der Waals surface area contributed by atoms with Gasteiger partial charge >= 0.3 is 0 Å². The molecule has 2 heterocycles. The van der Waals surface area contributed by atoms with Crippen molar-refractivity contribution < 1.29 is 9.18 Å². The molecule has 6 nitrogen and oxygen atoms in total. The van der Waals surface area contributed by atoms with Gasteiger partial charge in [-0.05, 0) is 50.2 Å². The zero-order valence-electron chi connectivity index (χ0n) is 16.5. The lowest BCUT2D eigenvalue weighted by Crippen LogP contribution is -2.40. The Morgan fingerprint density at radius 2 is 1.80 bits per heavy atom. The second-order valence-electron chi connectivity index (χ2n) is 7.10. The highest BCUT2D eigenvalue weighted by atomic mass is 19.1. The smallest absolute Gasteiger partial charge is 0.283 e. The van der Waals surface area contributed by atoms with Crippen LogP contribution in [0.4, 0.5) is 10.1 Å². The van der Waals surface area contributed by atoms with Crippen LogP contribution in [0.15, 0.2) is 77.9 Å². The SMILES string of the molecule is CC(C)N(C(=O)c1nn(-c2ccc(F)cc2)ccc1=O)c1cnc2ccccc2c1. The molecule has 0 aliphatic carbocycles. The molecule has 0 saturated carbocycles. The summed E-state index contributed by atoms with van der Waals surface area (Å²) in [6.45, 7) is 3.71. The number of hydrogen-bond acceptors (Lipinski definition) is 4. The van der Waals surface area contributed by atoms with Crippen LogP contribution in [0.2, 0.25) is 0 Å². The van der Waals surface area contributed by atoms with Gasteiger partial charge in [0, 0.05) is 23.7 Å². The maximum atomic E-state index is 13.3. The molecule has 0 atom stereocenters. The molecule has 0 spiro atoms. The lowest BCUT2D eigenvalue weighted by Gasteiger charge is -2.26. The maximum Gasteiger partial charge on any atom is 0.283 e. The van der Waals surface area contributed by atoms with Gasteiger partial charge in [-0.1, -0.05) is 18.2 Å². The summed E-state index contributed by atoms with van der Waals surface area (Å²) in [7, 11) is 0. The molecule has 0 aliphatic heterocycles. The number of amides is 1. The predicted molar refractivity (Wildman–Crippen MR) is 113 cm³/mol. The fourth-order valence-electron chi connectivity index (χ4n) is 3.25. The number of anilines is 1. The van der Waals surface area contributed by atoms with Gasteiger partial charge in [-0.3, -0.25) is 14.6 Å². The van der Waals surface area contributed by atoms with Crippen LogP contribution in [0.1, 0.15) is 24.3 Å². The maximum absolute atomic E-state index is 13.3. The predicted octanol–water partition coefficient (Wildman–Crippen LogP) is 3.98. The normalized spacial score (nSPS) is 11.1. The van der Waals surface area contributed by atoms with Gasteiger partial charge in [0.2, 0.25) is 5.43 Å². The first-order valence-corrected chi connectivity index (χ1v) is 9.48. The Balaban J connectivity index is 1.77. The molecule has 0 radical (unpaired) electrons. The lowest BCUT2D eigenvalue weighted by atomic mass is 10.1. The zero-order chi connectivity index (χ0) is 21.3. The molecule has 4 aromatic rings. The number of aromatic nitrogens is 3. The summed E-state index contributed by atoms with van der Waals surface area (Å²) < 4.78 is 14.6. The molecule has 0 bridgehead atoms. The molecule has 30 heavy (non-hydrogen) atoms. The van der Waals surface area contributed by atoms with Crippen molar-refractivity contribution in [3.63, 3.8) is 0 Å². The Kier molecular flexibility index (Phi) is 5.10. The van der Waals surface area contributed by atoms with Crippen molar-refractivity contribution in [3.05, 3.63) is 94.8 Å². The first-order valence-electron chi connectivity index (χ1n) is 9.48. The van der Waals surface area contributed by atoms with Crippen LogP contribution >= 0.6 is 0 Å². The van der Waals surface area contributed by atoms with Gasteiger partial charge in [0.1, 0.15) is 5.82 Å². The van der Waals surface area contributed by atoms with Crippen molar-refractivity contribution in [2.45, 2.75) is 19.9 Å². The van der Waals surface area contributed by atoms with Crippen molar-refractivity contribution in [2.24, 2.45) is 0 Å². The Morgan fingerprint density at radius 3 is 2.53 bits per heavy atom. The number of carbonyl (C=O) groups excluding carboxylic acids is 1. The van der Waals surface area contributed by atoms with Crippen LogP contribution in [0, 0.1) is 5.82 Å². The lowest BCUT2D eigenvalue weighted by molar-refractivity contribution is 0.0972. The molecule has 7 heteroatoms. The number of benzene rings is 2. The molecular weight excluding hydrogens is 383 g/mol. The van der Waals surface area contributed by atoms with E-state index >= 15 is 0 Å². The van der Waals surface area contributed by atoms with Gasteiger partial charge in [0.05, 0.1) is 23.1 Å². The molecule has 0 N–H and O–H groups in total. The number of fused-ring (bicyclic) bond motifs is 1. The van der Waals surface area contributed by atoms with Crippen molar-refractivity contribution in [1.82, 2.24) is 14.8 Å². The standard InChI is InChI=1S/C23H19FN4O2/c1-15(2)28(19-13-16-5-3-4-6-20(16)25-14-19)23(30)22-21(29)11-12-27(26-22)18-9-7-17(24)8-10-18/h3-15H,1-2H3. The summed E-state index contributed by atoms with van der Waals surface area (Å²) in [5, 5.41) is 5.12. The molecular formula is C23H19FN4O2. The topological polar surface area (TPSA) is 68.1 Å². The van der Waals surface area contributed by atoms with Crippen molar-refractivity contribution in [2.75, 3.05) is 4.90 Å². The summed E-state index contributed by atoms with van der Waals surface area (Å²) >= 11 is 0. The average Bonchev–Trinajstić information content (AvgIpc) is 2.74. The van der Waals surface area contributed by atoms with Crippen LogP contribution < -0.4 is 10.3 Å². The molecule has 2 aromatic carbocycles. The average molecular weight is 402 g/mol. The number of rotatable bonds is 4. The first kappa shape index (κ1) is 19.4. The fourth-order valence-corrected chi connectivity index (χ4v) is 3.25. The van der Waals surface area contributed by atoms with E-state index in [2.05, 4.69) is 10.1 Å². The minimum absolute atomic E-state index is 0.219. The van der Waals surface area contributed by atoms with Gasteiger partial charge in [0.15, 0.2) is 5.69 Å². The Morgan fingerprint density at radius 1 is 1.07 bits per heavy atom. The van der Waals surface area contributed by atoms with Crippen LogP contribution in [0.3, 0.4) is 0 Å². The van der Waals surface area contributed by atoms with E-state index in [1.165, 1.54) is 46.1 Å². The highest BCUT2D eigenvalue weighted by Gasteiger charge is 2.25. The number of halogens is 1. The molecule has 1 amide bonds. The van der Waals surface area contributed by atoms with Crippen LogP contribution in [-0.2, 0) is 0 Å². The third kappa shape index (κ3) is 3.69. The molecule has 0 aliphatic rings. The van der Waals surface area contributed by atoms with Crippen molar-refractivity contribution >= 4 is 22.5 Å². The van der Waals surface area contributed by atoms with Crippen molar-refractivity contribution in [3.8, 4) is 5.69 Å². The van der Waals surface area contributed by atoms with Gasteiger partial charge < -0.3 is 4.90 Å². The number of pyridine rings is 1. The number of hydrogen-bond donors (Lipinski definition) is 0. The molecule has 0 unspecified atom stereocenters. The highest BCUT2D eigenvalue weighted by Crippen LogP contribution is 2.23. The summed E-state index contributed by atoms with van der Waals surface area (Å²) in [6, 6.07) is 16.1. The van der Waals surface area contributed by atoms with E-state index in [1.807, 2.05) is 44.2 Å². The summed E-state index contributed by atoms with van der Waals surface area (Å²) in [4.78, 5) is 31.7. The Hall–Kier alpha value is -3.87. The molecule has 2 aromatic heterocycles. The zero-order valence-corrected chi connectivity index (χ0v) is 16.5. The van der Waals surface area contributed by atoms with E-state index in [0.717, 1.165) is 10.9 Å². The second kappa shape index (κ2) is 7.87. The summed E-state index contributed by atoms with van der Waals surface area (Å²) in [6.07, 6.45) is 3.06. The molecule has 0 saturated heterocycles. The third-order valence-corrected chi connectivity index (χ3v) is 4.69. The fraction of sp³-hybridized carbons (Fsp3) is 0.130. The highest BCUT2D eigenvalue weighted by molar-refractivity contribution is 6.05. The third-order valence-electron chi connectivity index (χ3n) is 4.69. The Bertz CT molecular complexity index is 1280. The Labute approximate surface area is 172 Å². The largest absolute Gasteiger partial charge is 0.303 e. The van der Waals surface area contributed by atoms with Gasteiger partial charge in [-0.2, -0.15) is 5.10 Å². The monoisotopic (exact) mass is 402 g/mol. The number of nitrogens with zero attached hydrogens (tertiary/aromatic N) is 4. The van der Waals surface area contributed by atoms with Gasteiger partial charge in [-0.25, -0.2) is 9.07 Å². The minimum Gasteiger partial charge on any atom is -0.303 e. The van der Waals surface area contributed by atoms with Crippen LogP contribution in [0.5, 0.6) is 0 Å². The number of para-hydroxylation sites is 1. The van der Waals surface area contributed by atoms with E-state index in [-0.39, 0.29) is 17.6 Å². The number of carbonyl (C=O) groups is 1. The molecule has 150 valence electrons. The van der Waals surface area contributed by atoms with E-state index in [0.29, 0.717) is 11.4 Å². The van der Waals surface area contributed by atoms with Gasteiger partial charge in [-0.15, -0.1) is 0 Å². The first-order chi connectivity index (χ1) is 14.4. The van der Waals surface area contributed by atoms with Crippen LogP contribution in [0.25, 0.3) is 16.6 Å². The van der Waals surface area contributed by atoms with E-state index < -0.39 is 11.3 Å². The molecule has 0 fully saturated rings. The van der Waals surface area contributed by atoms with Crippen molar-refractivity contribution in [1.29, 1.82) is 0 Å². The molecule has 4 rings (SSSR count). The van der Waals surface area contributed by atoms with E-state index in [1.54, 1.807) is 6.20 Å². The van der Waals surface area contributed by atoms with Gasteiger partial charge in [0.25, 0.3) is 5.91 Å². The second-order valence-corrected chi connectivity index (χ2v) is 7.10. The summed E-state index contributed by atoms with van der Waals surface area (Å²) in [5.41, 5.74) is 1.22. The summed E-state index contributed by atoms with van der Waals surface area (Å²) in [5.74, 6) is -0.908. The quantitative estimate of drug-likeness (QED) is 0.518. The van der Waals surface area contributed by atoms with E-state index in [9.17, 15) is 14.0 Å². The van der Waals surface area contributed by atoms with Crippen LogP contribution in [-0.4, -0.2) is 26.7 Å².